The minimum Gasteiger partial charge on any atom is -0.349 e. The summed E-state index contributed by atoms with van der Waals surface area (Å²) in [6.07, 6.45) is 5.57. The standard InChI is InChI=1S/C17H21N5O2/c1-18-15(12-9-19-22(2)10-12)17(24)21-13-5-3-11(4-6-13)16(23)20-14-7-8-14/h3-6,9-10,14-15,18H,7-8H2,1-2H3,(H,20,23)(H,21,24). The smallest absolute Gasteiger partial charge is 0.251 e. The molecule has 0 radical (unpaired) electrons. The van der Waals surface area contributed by atoms with Crippen LogP contribution in [0.2, 0.25) is 0 Å². The molecule has 1 saturated carbocycles. The van der Waals surface area contributed by atoms with Gasteiger partial charge in [0.25, 0.3) is 5.91 Å². The van der Waals surface area contributed by atoms with Gasteiger partial charge < -0.3 is 16.0 Å². The van der Waals surface area contributed by atoms with Crippen LogP contribution in [0.4, 0.5) is 5.69 Å². The van der Waals surface area contributed by atoms with E-state index >= 15 is 0 Å². The van der Waals surface area contributed by atoms with E-state index in [1.54, 1.807) is 55.4 Å². The highest BCUT2D eigenvalue weighted by atomic mass is 16.2. The lowest BCUT2D eigenvalue weighted by atomic mass is 10.1. The lowest BCUT2D eigenvalue weighted by Gasteiger charge is -2.14. The molecule has 1 aliphatic rings. The van der Waals surface area contributed by atoms with E-state index in [2.05, 4.69) is 21.0 Å². The summed E-state index contributed by atoms with van der Waals surface area (Å²) in [6, 6.07) is 6.73. The Balaban J connectivity index is 1.63. The summed E-state index contributed by atoms with van der Waals surface area (Å²) in [7, 11) is 3.53. The Morgan fingerprint density at radius 2 is 1.96 bits per heavy atom. The molecule has 7 heteroatoms. The zero-order valence-corrected chi connectivity index (χ0v) is 13.7. The summed E-state index contributed by atoms with van der Waals surface area (Å²) in [5, 5.41) is 12.9. The molecule has 1 unspecified atom stereocenters. The highest BCUT2D eigenvalue weighted by Crippen LogP contribution is 2.20. The van der Waals surface area contributed by atoms with Gasteiger partial charge in [0.05, 0.1) is 6.20 Å². The Hall–Kier alpha value is -2.67. The molecule has 0 spiro atoms. The van der Waals surface area contributed by atoms with Gasteiger partial charge in [-0.2, -0.15) is 5.10 Å². The first-order chi connectivity index (χ1) is 11.6. The number of aromatic nitrogens is 2. The number of nitrogens with one attached hydrogen (secondary N) is 3. The minimum atomic E-state index is -0.489. The van der Waals surface area contributed by atoms with Crippen LogP contribution >= 0.6 is 0 Å². The van der Waals surface area contributed by atoms with Gasteiger partial charge >= 0.3 is 0 Å². The molecule has 0 saturated heterocycles. The van der Waals surface area contributed by atoms with Gasteiger partial charge in [0.1, 0.15) is 6.04 Å². The van der Waals surface area contributed by atoms with Crippen molar-refractivity contribution in [3.05, 3.63) is 47.8 Å². The van der Waals surface area contributed by atoms with Crippen molar-refractivity contribution in [3.63, 3.8) is 0 Å². The number of hydrogen-bond donors (Lipinski definition) is 3. The van der Waals surface area contributed by atoms with E-state index in [0.717, 1.165) is 18.4 Å². The van der Waals surface area contributed by atoms with Crippen molar-refractivity contribution in [2.75, 3.05) is 12.4 Å². The zero-order chi connectivity index (χ0) is 17.1. The Morgan fingerprint density at radius 3 is 2.50 bits per heavy atom. The fourth-order valence-electron chi connectivity index (χ4n) is 2.45. The highest BCUT2D eigenvalue weighted by molar-refractivity contribution is 5.97. The van der Waals surface area contributed by atoms with Crippen molar-refractivity contribution in [2.24, 2.45) is 7.05 Å². The number of nitrogens with zero attached hydrogens (tertiary/aromatic N) is 2. The van der Waals surface area contributed by atoms with Crippen molar-refractivity contribution < 1.29 is 9.59 Å². The second-order valence-electron chi connectivity index (χ2n) is 5.98. The normalized spacial score (nSPS) is 14.9. The lowest BCUT2D eigenvalue weighted by molar-refractivity contribution is -0.118. The molecule has 0 aliphatic heterocycles. The number of anilines is 1. The second kappa shape index (κ2) is 6.84. The van der Waals surface area contributed by atoms with Crippen LogP contribution in [0.5, 0.6) is 0 Å². The Kier molecular flexibility index (Phi) is 4.61. The number of rotatable bonds is 6. The number of aryl methyl sites for hydroxylation is 1. The van der Waals surface area contributed by atoms with E-state index in [1.807, 2.05) is 0 Å². The van der Waals surface area contributed by atoms with Gasteiger partial charge in [-0.1, -0.05) is 0 Å². The maximum absolute atomic E-state index is 12.4. The van der Waals surface area contributed by atoms with Crippen LogP contribution in [-0.4, -0.2) is 34.7 Å². The first kappa shape index (κ1) is 16.2. The fraction of sp³-hybridized carbons (Fsp3) is 0.353. The summed E-state index contributed by atoms with van der Waals surface area (Å²) in [6.45, 7) is 0. The predicted molar refractivity (Wildman–Crippen MR) is 90.6 cm³/mol. The van der Waals surface area contributed by atoms with E-state index < -0.39 is 6.04 Å². The van der Waals surface area contributed by atoms with Crippen LogP contribution < -0.4 is 16.0 Å². The molecule has 2 aromatic rings. The van der Waals surface area contributed by atoms with Crippen LogP contribution in [0.1, 0.15) is 34.8 Å². The van der Waals surface area contributed by atoms with E-state index in [1.165, 1.54) is 0 Å². The first-order valence-electron chi connectivity index (χ1n) is 7.94. The Bertz CT molecular complexity index is 734. The van der Waals surface area contributed by atoms with Gasteiger partial charge in [0.2, 0.25) is 5.91 Å². The third-order valence-electron chi connectivity index (χ3n) is 3.94. The summed E-state index contributed by atoms with van der Waals surface area (Å²) in [4.78, 5) is 24.4. The summed E-state index contributed by atoms with van der Waals surface area (Å²) in [5.74, 6) is -0.250. The molecule has 7 nitrogen and oxygen atoms in total. The van der Waals surface area contributed by atoms with Gasteiger partial charge in [0.15, 0.2) is 0 Å². The van der Waals surface area contributed by atoms with Crippen molar-refractivity contribution in [1.82, 2.24) is 20.4 Å². The first-order valence-corrected chi connectivity index (χ1v) is 7.94. The Labute approximate surface area is 140 Å². The molecule has 3 N–H and O–H groups in total. The van der Waals surface area contributed by atoms with Gasteiger partial charge in [-0.05, 0) is 44.2 Å². The number of benzene rings is 1. The van der Waals surface area contributed by atoms with E-state index in [-0.39, 0.29) is 11.8 Å². The average Bonchev–Trinajstić information content (AvgIpc) is 3.28. The van der Waals surface area contributed by atoms with Gasteiger partial charge in [0, 0.05) is 36.1 Å². The van der Waals surface area contributed by atoms with Crippen LogP contribution in [0.15, 0.2) is 36.7 Å². The predicted octanol–water partition coefficient (Wildman–Crippen LogP) is 1.21. The van der Waals surface area contributed by atoms with E-state index in [0.29, 0.717) is 17.3 Å². The maximum Gasteiger partial charge on any atom is 0.251 e. The van der Waals surface area contributed by atoms with Crippen LogP contribution in [0, 0.1) is 0 Å². The van der Waals surface area contributed by atoms with E-state index in [4.69, 9.17) is 0 Å². The molecule has 1 atom stereocenters. The maximum atomic E-state index is 12.4. The number of carbonyl (C=O) groups excluding carboxylic acids is 2. The van der Waals surface area contributed by atoms with Crippen LogP contribution in [-0.2, 0) is 11.8 Å². The molecule has 2 amide bonds. The lowest BCUT2D eigenvalue weighted by Crippen LogP contribution is -2.30. The number of carbonyl (C=O) groups is 2. The summed E-state index contributed by atoms with van der Waals surface area (Å²) < 4.78 is 1.65. The van der Waals surface area contributed by atoms with Crippen molar-refractivity contribution >= 4 is 17.5 Å². The van der Waals surface area contributed by atoms with Gasteiger partial charge in [-0.25, -0.2) is 0 Å². The van der Waals surface area contributed by atoms with Crippen molar-refractivity contribution in [3.8, 4) is 0 Å². The molecular formula is C17H21N5O2. The second-order valence-corrected chi connectivity index (χ2v) is 5.98. The molecule has 126 valence electrons. The molecule has 1 aromatic carbocycles. The molecule has 1 aromatic heterocycles. The van der Waals surface area contributed by atoms with Gasteiger partial charge in [-0.15, -0.1) is 0 Å². The fourth-order valence-corrected chi connectivity index (χ4v) is 2.45. The van der Waals surface area contributed by atoms with Crippen molar-refractivity contribution in [1.29, 1.82) is 0 Å². The largest absolute Gasteiger partial charge is 0.349 e. The summed E-state index contributed by atoms with van der Waals surface area (Å²) in [5.41, 5.74) is 2.03. The Morgan fingerprint density at radius 1 is 1.25 bits per heavy atom. The highest BCUT2D eigenvalue weighted by Gasteiger charge is 2.24. The molecule has 1 heterocycles. The zero-order valence-electron chi connectivity index (χ0n) is 13.7. The molecule has 1 fully saturated rings. The number of hydrogen-bond acceptors (Lipinski definition) is 4. The van der Waals surface area contributed by atoms with Crippen LogP contribution in [0.3, 0.4) is 0 Å². The van der Waals surface area contributed by atoms with Crippen LogP contribution in [0.25, 0.3) is 0 Å². The monoisotopic (exact) mass is 327 g/mol. The molecule has 1 aliphatic carbocycles. The third kappa shape index (κ3) is 3.80. The molecule has 3 rings (SSSR count). The molecule has 0 bridgehead atoms. The van der Waals surface area contributed by atoms with Crippen molar-refractivity contribution in [2.45, 2.75) is 24.9 Å². The molecular weight excluding hydrogens is 306 g/mol. The van der Waals surface area contributed by atoms with E-state index in [9.17, 15) is 9.59 Å². The topological polar surface area (TPSA) is 88.1 Å². The average molecular weight is 327 g/mol. The SMILES string of the molecule is CNC(C(=O)Nc1ccc(C(=O)NC2CC2)cc1)c1cnn(C)c1. The third-order valence-corrected chi connectivity index (χ3v) is 3.94. The number of amides is 2. The molecule has 24 heavy (non-hydrogen) atoms. The quantitative estimate of drug-likeness (QED) is 0.744. The summed E-state index contributed by atoms with van der Waals surface area (Å²) >= 11 is 0. The number of likely N-dealkylation sites (N-methyl/N-ethyl adjacent to an activating group) is 1. The van der Waals surface area contributed by atoms with Gasteiger partial charge in [-0.3, -0.25) is 14.3 Å². The minimum absolute atomic E-state index is 0.0705.